The number of aryl methyl sites for hydroxylation is 4. The first kappa shape index (κ1) is 39.2. The second-order valence-corrected chi connectivity index (χ2v) is 17.0. The van der Waals surface area contributed by atoms with Crippen molar-refractivity contribution in [3.63, 3.8) is 0 Å². The molecule has 2 aliphatic carbocycles. The van der Waals surface area contributed by atoms with Crippen molar-refractivity contribution < 1.29 is 23.7 Å². The Morgan fingerprint density at radius 3 is 2.37 bits per heavy atom. The van der Waals surface area contributed by atoms with Gasteiger partial charge in [0.05, 0.1) is 22.5 Å². The van der Waals surface area contributed by atoms with Gasteiger partial charge in [0.2, 0.25) is 11.8 Å². The molecule has 4 N–H and O–H groups in total. The van der Waals surface area contributed by atoms with Crippen molar-refractivity contribution in [3.05, 3.63) is 107 Å². The number of anilines is 3. The van der Waals surface area contributed by atoms with Crippen LogP contribution in [-0.4, -0.2) is 61.2 Å². The summed E-state index contributed by atoms with van der Waals surface area (Å²) in [5, 5.41) is 17.3. The number of hydrogen-bond donors (Lipinski definition) is 4. The van der Waals surface area contributed by atoms with Crippen LogP contribution >= 0.6 is 0 Å². The van der Waals surface area contributed by atoms with Gasteiger partial charge in [0.1, 0.15) is 23.3 Å². The smallest absolute Gasteiger partial charge is 0.264 e. The van der Waals surface area contributed by atoms with Crippen LogP contribution in [0.5, 0.6) is 0 Å². The molecule has 5 heterocycles. The molecular weight excluding hydrogens is 757 g/mol. The van der Waals surface area contributed by atoms with E-state index in [9.17, 15) is 19.2 Å². The molecule has 0 spiro atoms. The topological polar surface area (TPSA) is 163 Å². The number of benzene rings is 2. The third-order valence-corrected chi connectivity index (χ3v) is 12.9. The van der Waals surface area contributed by atoms with Crippen molar-refractivity contribution in [2.75, 3.05) is 16.0 Å². The van der Waals surface area contributed by atoms with Gasteiger partial charge in [-0.3, -0.25) is 28.5 Å². The van der Waals surface area contributed by atoms with Gasteiger partial charge in [-0.05, 0) is 126 Å². The first-order valence-corrected chi connectivity index (χ1v) is 21.5. The zero-order chi connectivity index (χ0) is 41.5. The molecule has 2 aliphatic heterocycles. The number of imidazole rings is 1. The maximum absolute atomic E-state index is 13.6. The predicted octanol–water partition coefficient (Wildman–Crippen LogP) is 8.13. The number of carbonyl (C=O) groups excluding carboxylic acids is 4. The standard InChI is InChI=1S/C47H52N8O5/c1-27-12-23-39(45(57)48-27)55-46(58)36-10-7-11-37(42(36)47(55)59)49-34-20-16-31(17-21-34)44(56)51-35-18-13-30(14-19-35)15-22-38-43(50-33-8-5-4-6-9-33)54-25-24-32(26-40(54)52-38)41-28(2)53-60-29(41)3/h7,10-11,13-14,18-19,24-26,31,33-34,39,49-50H,1,4-6,8-9,12,15-17,20-23H2,2-3H3,(H,48,57)(H,51,56). The van der Waals surface area contributed by atoms with Crippen molar-refractivity contribution in [2.24, 2.45) is 5.92 Å². The average Bonchev–Trinajstić information content (AvgIpc) is 3.86. The number of rotatable bonds is 11. The highest BCUT2D eigenvalue weighted by Crippen LogP contribution is 2.36. The van der Waals surface area contributed by atoms with Crippen LogP contribution < -0.4 is 21.3 Å². The molecule has 9 rings (SSSR count). The molecule has 2 saturated carbocycles. The van der Waals surface area contributed by atoms with Crippen LogP contribution in [0.4, 0.5) is 17.2 Å². The minimum atomic E-state index is -0.860. The quantitative estimate of drug-likeness (QED) is 0.0966. The normalized spacial score (nSPS) is 21.0. The number of imide groups is 1. The molecule has 3 aromatic heterocycles. The van der Waals surface area contributed by atoms with Gasteiger partial charge in [0.15, 0.2) is 0 Å². The van der Waals surface area contributed by atoms with E-state index in [1.807, 2.05) is 32.0 Å². The van der Waals surface area contributed by atoms with Crippen molar-refractivity contribution in [3.8, 4) is 11.1 Å². The number of nitrogens with zero attached hydrogens (tertiary/aromatic N) is 4. The van der Waals surface area contributed by atoms with E-state index in [0.717, 1.165) is 88.9 Å². The second kappa shape index (κ2) is 16.4. The van der Waals surface area contributed by atoms with Crippen LogP contribution in [-0.2, 0) is 22.4 Å². The highest BCUT2D eigenvalue weighted by atomic mass is 16.5. The number of piperidine rings is 1. The molecule has 0 bridgehead atoms. The van der Waals surface area contributed by atoms with Crippen LogP contribution in [0.15, 0.2) is 77.6 Å². The van der Waals surface area contributed by atoms with Crippen molar-refractivity contribution in [2.45, 2.75) is 115 Å². The minimum absolute atomic E-state index is 0.00532. The Morgan fingerprint density at radius 1 is 0.867 bits per heavy atom. The Bertz CT molecular complexity index is 2470. The molecule has 13 nitrogen and oxygen atoms in total. The van der Waals surface area contributed by atoms with E-state index in [1.54, 1.807) is 12.1 Å². The fourth-order valence-electron chi connectivity index (χ4n) is 9.61. The van der Waals surface area contributed by atoms with Gasteiger partial charge in [0.25, 0.3) is 11.8 Å². The molecule has 4 aliphatic rings. The van der Waals surface area contributed by atoms with Gasteiger partial charge in [-0.2, -0.15) is 0 Å². The van der Waals surface area contributed by atoms with Gasteiger partial charge in [-0.1, -0.05) is 49.2 Å². The number of aromatic nitrogens is 3. The second-order valence-electron chi connectivity index (χ2n) is 17.0. The first-order valence-electron chi connectivity index (χ1n) is 21.5. The van der Waals surface area contributed by atoms with E-state index < -0.39 is 17.9 Å². The average molecular weight is 809 g/mol. The van der Waals surface area contributed by atoms with Gasteiger partial charge in [-0.25, -0.2) is 4.98 Å². The number of hydrogen-bond acceptors (Lipinski definition) is 9. The monoisotopic (exact) mass is 808 g/mol. The molecule has 4 amide bonds. The minimum Gasteiger partial charge on any atom is -0.382 e. The lowest BCUT2D eigenvalue weighted by molar-refractivity contribution is -0.125. The van der Waals surface area contributed by atoms with Crippen molar-refractivity contribution >= 4 is 46.5 Å². The van der Waals surface area contributed by atoms with Gasteiger partial charge in [0, 0.05) is 46.8 Å². The van der Waals surface area contributed by atoms with Crippen LogP contribution in [0, 0.1) is 19.8 Å². The molecule has 1 atom stereocenters. The summed E-state index contributed by atoms with van der Waals surface area (Å²) in [5.41, 5.74) is 8.57. The van der Waals surface area contributed by atoms with E-state index in [4.69, 9.17) is 9.51 Å². The molecule has 60 heavy (non-hydrogen) atoms. The number of fused-ring (bicyclic) bond motifs is 2. The Balaban J connectivity index is 0.804. The lowest BCUT2D eigenvalue weighted by Gasteiger charge is -2.30. The third-order valence-electron chi connectivity index (χ3n) is 12.9. The Hall–Kier alpha value is -6.24. The summed E-state index contributed by atoms with van der Waals surface area (Å²) in [6.07, 6.45) is 13.5. The maximum atomic E-state index is 13.6. The molecule has 3 fully saturated rings. The summed E-state index contributed by atoms with van der Waals surface area (Å²) in [6.45, 7) is 7.71. The summed E-state index contributed by atoms with van der Waals surface area (Å²) in [4.78, 5) is 59.3. The number of carbonyl (C=O) groups is 4. The Kier molecular flexibility index (Phi) is 10.7. The number of pyridine rings is 1. The number of amides is 4. The van der Waals surface area contributed by atoms with E-state index in [-0.39, 0.29) is 23.8 Å². The van der Waals surface area contributed by atoms with E-state index in [1.165, 1.54) is 24.8 Å². The molecule has 0 radical (unpaired) electrons. The Morgan fingerprint density at radius 2 is 1.63 bits per heavy atom. The lowest BCUT2D eigenvalue weighted by atomic mass is 9.85. The zero-order valence-electron chi connectivity index (χ0n) is 34.3. The molecule has 13 heteroatoms. The van der Waals surface area contributed by atoms with E-state index >= 15 is 0 Å². The van der Waals surface area contributed by atoms with Crippen LogP contribution in [0.3, 0.4) is 0 Å². The first-order chi connectivity index (χ1) is 29.1. The van der Waals surface area contributed by atoms with Gasteiger partial charge < -0.3 is 25.8 Å². The lowest BCUT2D eigenvalue weighted by Crippen LogP contribution is -2.51. The molecule has 310 valence electrons. The SMILES string of the molecule is C=C1CCC(N2C(=O)c3cccc(NC4CCC(C(=O)Nc5ccc(CCc6nc7cc(-c8c(C)noc8C)ccn7c6NC6CCCCC6)cc5)CC4)c3C2=O)C(=O)N1. The highest BCUT2D eigenvalue weighted by molar-refractivity contribution is 6.25. The maximum Gasteiger partial charge on any atom is 0.264 e. The van der Waals surface area contributed by atoms with Gasteiger partial charge in [-0.15, -0.1) is 0 Å². The zero-order valence-corrected chi connectivity index (χ0v) is 34.3. The molecule has 2 aromatic carbocycles. The fraction of sp³-hybridized carbons (Fsp3) is 0.404. The predicted molar refractivity (Wildman–Crippen MR) is 230 cm³/mol. The Labute approximate surface area is 349 Å². The number of nitrogens with one attached hydrogen (secondary N) is 4. The van der Waals surface area contributed by atoms with Crippen LogP contribution in [0.2, 0.25) is 0 Å². The summed E-state index contributed by atoms with van der Waals surface area (Å²) >= 11 is 0. The molecule has 1 unspecified atom stereocenters. The summed E-state index contributed by atoms with van der Waals surface area (Å²) in [7, 11) is 0. The van der Waals surface area contributed by atoms with Crippen LogP contribution in [0.25, 0.3) is 16.8 Å². The highest BCUT2D eigenvalue weighted by Gasteiger charge is 2.45. The molecule has 5 aromatic rings. The fourth-order valence-corrected chi connectivity index (χ4v) is 9.61. The molecular formula is C47H52N8O5. The van der Waals surface area contributed by atoms with Crippen molar-refractivity contribution in [1.29, 1.82) is 0 Å². The van der Waals surface area contributed by atoms with Crippen LogP contribution in [0.1, 0.15) is 114 Å². The number of allylic oxidation sites excluding steroid dienone is 1. The summed E-state index contributed by atoms with van der Waals surface area (Å²) < 4.78 is 7.63. The van der Waals surface area contributed by atoms with E-state index in [2.05, 4.69) is 67.9 Å². The van der Waals surface area contributed by atoms with E-state index in [0.29, 0.717) is 54.2 Å². The van der Waals surface area contributed by atoms with Gasteiger partial charge >= 0.3 is 0 Å². The molecule has 1 saturated heterocycles. The largest absolute Gasteiger partial charge is 0.382 e. The third kappa shape index (κ3) is 7.68. The summed E-state index contributed by atoms with van der Waals surface area (Å²) in [6, 6.07) is 17.2. The summed E-state index contributed by atoms with van der Waals surface area (Å²) in [5.74, 6) is 0.437. The van der Waals surface area contributed by atoms with Crippen molar-refractivity contribution in [1.82, 2.24) is 24.8 Å².